The van der Waals surface area contributed by atoms with Crippen LogP contribution in [-0.2, 0) is 24.0 Å². The maximum Gasteiger partial charge on any atom is 0.459 e. The molecule has 0 aromatic carbocycles. The molecule has 5 rings (SSSR count). The van der Waals surface area contributed by atoms with Crippen molar-refractivity contribution < 1.29 is 54.7 Å². The van der Waals surface area contributed by atoms with Gasteiger partial charge in [0.2, 0.25) is 5.79 Å². The summed E-state index contributed by atoms with van der Waals surface area (Å²) in [6.45, 7) is 3.14. The lowest BCUT2D eigenvalue weighted by Gasteiger charge is -2.60. The largest absolute Gasteiger partial charge is 0.459 e. The Morgan fingerprint density at radius 1 is 0.935 bits per heavy atom. The summed E-state index contributed by atoms with van der Waals surface area (Å²) < 4.78 is 108. The van der Waals surface area contributed by atoms with Crippen molar-refractivity contribution in [3.8, 4) is 0 Å². The molecule has 0 unspecified atom stereocenters. The predicted molar refractivity (Wildman–Crippen MR) is 88.7 cm³/mol. The molecular formula is C19H25F7O5. The van der Waals surface area contributed by atoms with E-state index in [0.717, 1.165) is 6.42 Å². The van der Waals surface area contributed by atoms with Crippen LogP contribution in [0.4, 0.5) is 30.7 Å². The first-order valence-electron chi connectivity index (χ1n) is 10.3. The molecule has 8 atom stereocenters. The summed E-state index contributed by atoms with van der Waals surface area (Å²) in [6.07, 6.45) is -6.41. The molecule has 31 heavy (non-hydrogen) atoms. The van der Waals surface area contributed by atoms with Gasteiger partial charge in [-0.15, -0.1) is 0 Å². The number of ether oxygens (including phenoxy) is 3. The third-order valence-electron chi connectivity index (χ3n) is 7.34. The SMILES string of the molecule is C[C@H]1[C@@H](OCC(F)(F)C(F)(F)C(F)(F)F)O[C@@H]2O[C@@]3(C)CC[C@H]4[C@H](C)CC[C@@H]1[C@@]24OO3. The van der Waals surface area contributed by atoms with Crippen LogP contribution in [0.15, 0.2) is 0 Å². The second kappa shape index (κ2) is 7.15. The minimum atomic E-state index is -6.42. The van der Waals surface area contributed by atoms with E-state index in [-0.39, 0.29) is 17.8 Å². The summed E-state index contributed by atoms with van der Waals surface area (Å²) in [7, 11) is 0. The number of fused-ring (bicyclic) bond motifs is 2. The molecule has 1 aliphatic carbocycles. The van der Waals surface area contributed by atoms with Crippen LogP contribution in [0.2, 0.25) is 0 Å². The van der Waals surface area contributed by atoms with Crippen molar-refractivity contribution in [2.75, 3.05) is 6.61 Å². The smallest absolute Gasteiger partial charge is 0.346 e. The summed E-state index contributed by atoms with van der Waals surface area (Å²) in [4.78, 5) is 11.4. The van der Waals surface area contributed by atoms with E-state index < -0.39 is 54.5 Å². The second-order valence-corrected chi connectivity index (χ2v) is 9.36. The zero-order valence-corrected chi connectivity index (χ0v) is 17.2. The first-order chi connectivity index (χ1) is 14.1. The van der Waals surface area contributed by atoms with Gasteiger partial charge in [0.1, 0.15) is 6.61 Å². The highest BCUT2D eigenvalue weighted by molar-refractivity contribution is 5.09. The average Bonchev–Trinajstić information content (AvgIpc) is 2.88. The number of halogens is 7. The van der Waals surface area contributed by atoms with Gasteiger partial charge in [-0.25, -0.2) is 9.78 Å². The Balaban J connectivity index is 1.57. The molecule has 5 nitrogen and oxygen atoms in total. The van der Waals surface area contributed by atoms with Gasteiger partial charge in [-0.2, -0.15) is 30.7 Å². The molecule has 5 aliphatic rings. The van der Waals surface area contributed by atoms with Crippen molar-refractivity contribution in [3.63, 3.8) is 0 Å². The normalized spacial score (nSPS) is 45.9. The summed E-state index contributed by atoms with van der Waals surface area (Å²) >= 11 is 0. The van der Waals surface area contributed by atoms with E-state index >= 15 is 0 Å². The fourth-order valence-electron chi connectivity index (χ4n) is 5.55. The fourth-order valence-corrected chi connectivity index (χ4v) is 5.55. The molecule has 1 spiro atoms. The van der Waals surface area contributed by atoms with Gasteiger partial charge in [-0.1, -0.05) is 13.8 Å². The molecule has 0 radical (unpaired) electrons. The zero-order chi connectivity index (χ0) is 23.0. The van der Waals surface area contributed by atoms with Gasteiger partial charge in [0, 0.05) is 18.3 Å². The van der Waals surface area contributed by atoms with Crippen molar-refractivity contribution in [1.82, 2.24) is 0 Å². The molecule has 12 heteroatoms. The number of rotatable bonds is 4. The van der Waals surface area contributed by atoms with Crippen LogP contribution >= 0.6 is 0 Å². The van der Waals surface area contributed by atoms with Crippen molar-refractivity contribution >= 4 is 0 Å². The van der Waals surface area contributed by atoms with Gasteiger partial charge < -0.3 is 14.2 Å². The number of alkyl halides is 7. The molecule has 0 aromatic heterocycles. The van der Waals surface area contributed by atoms with Crippen LogP contribution in [0.1, 0.15) is 46.5 Å². The van der Waals surface area contributed by atoms with Crippen molar-refractivity contribution in [1.29, 1.82) is 0 Å². The molecule has 1 saturated carbocycles. The first kappa shape index (κ1) is 23.5. The Labute approximate surface area is 174 Å². The van der Waals surface area contributed by atoms with E-state index in [0.29, 0.717) is 19.3 Å². The lowest BCUT2D eigenvalue weighted by molar-refractivity contribution is -0.578. The third-order valence-corrected chi connectivity index (χ3v) is 7.34. The van der Waals surface area contributed by atoms with Crippen LogP contribution in [0.25, 0.3) is 0 Å². The second-order valence-electron chi connectivity index (χ2n) is 9.36. The average molecular weight is 466 g/mol. The topological polar surface area (TPSA) is 46.2 Å². The van der Waals surface area contributed by atoms with E-state index in [4.69, 9.17) is 24.0 Å². The zero-order valence-electron chi connectivity index (χ0n) is 17.2. The molecule has 4 aliphatic heterocycles. The van der Waals surface area contributed by atoms with Crippen LogP contribution in [0, 0.1) is 23.7 Å². The minimum absolute atomic E-state index is 0.0278. The Kier molecular flexibility index (Phi) is 5.41. The van der Waals surface area contributed by atoms with Gasteiger partial charge in [0.05, 0.1) is 0 Å². The molecular weight excluding hydrogens is 441 g/mol. The molecule has 180 valence electrons. The van der Waals surface area contributed by atoms with Gasteiger partial charge in [-0.05, 0) is 38.0 Å². The van der Waals surface area contributed by atoms with Gasteiger partial charge >= 0.3 is 18.0 Å². The maximum atomic E-state index is 13.8. The maximum absolute atomic E-state index is 13.8. The van der Waals surface area contributed by atoms with E-state index in [2.05, 4.69) is 6.92 Å². The molecule has 0 aromatic rings. The van der Waals surface area contributed by atoms with Crippen molar-refractivity contribution in [3.05, 3.63) is 0 Å². The summed E-state index contributed by atoms with van der Waals surface area (Å²) in [5.74, 6) is -13.7. The van der Waals surface area contributed by atoms with Crippen LogP contribution in [0.3, 0.4) is 0 Å². The Morgan fingerprint density at radius 3 is 2.26 bits per heavy atom. The quantitative estimate of drug-likeness (QED) is 0.429. The summed E-state index contributed by atoms with van der Waals surface area (Å²) in [6, 6.07) is 0. The lowest BCUT2D eigenvalue weighted by atomic mass is 9.58. The van der Waals surface area contributed by atoms with Crippen LogP contribution < -0.4 is 0 Å². The lowest BCUT2D eigenvalue weighted by Crippen LogP contribution is -2.70. The van der Waals surface area contributed by atoms with Crippen molar-refractivity contribution in [2.45, 2.75) is 88.4 Å². The molecule has 2 bridgehead atoms. The number of hydrogen-bond donors (Lipinski definition) is 0. The van der Waals surface area contributed by atoms with Crippen LogP contribution in [0.5, 0.6) is 0 Å². The fraction of sp³-hybridized carbons (Fsp3) is 1.00. The van der Waals surface area contributed by atoms with E-state index in [1.807, 2.05) is 0 Å². The third kappa shape index (κ3) is 3.39. The molecule has 5 fully saturated rings. The first-order valence-corrected chi connectivity index (χ1v) is 10.3. The van der Waals surface area contributed by atoms with Crippen LogP contribution in [-0.4, -0.2) is 48.6 Å². The Hall–Kier alpha value is -0.690. The molecule has 4 saturated heterocycles. The van der Waals surface area contributed by atoms with E-state index in [1.54, 1.807) is 13.8 Å². The van der Waals surface area contributed by atoms with E-state index in [9.17, 15) is 30.7 Å². The number of hydrogen-bond acceptors (Lipinski definition) is 5. The van der Waals surface area contributed by atoms with E-state index in [1.165, 1.54) is 0 Å². The van der Waals surface area contributed by atoms with Gasteiger partial charge in [0.25, 0.3) is 0 Å². The summed E-state index contributed by atoms with van der Waals surface area (Å²) in [5.41, 5.74) is -1.04. The highest BCUT2D eigenvalue weighted by atomic mass is 19.4. The Bertz CT molecular complexity index is 704. The molecule has 0 amide bonds. The van der Waals surface area contributed by atoms with Gasteiger partial charge in [0.15, 0.2) is 18.2 Å². The predicted octanol–water partition coefficient (Wildman–Crippen LogP) is 5.04. The summed E-state index contributed by atoms with van der Waals surface area (Å²) in [5, 5.41) is 0. The highest BCUT2D eigenvalue weighted by Crippen LogP contribution is 2.60. The Morgan fingerprint density at radius 2 is 1.61 bits per heavy atom. The van der Waals surface area contributed by atoms with Crippen molar-refractivity contribution in [2.24, 2.45) is 23.7 Å². The standard InChI is InChI=1S/C19H25F7O5/c1-9-4-5-12-10(2)13(27-8-16(20,21)18(22,23)19(24,25)26)28-14-17(12)11(9)6-7-15(3,29-14)30-31-17/h9-14H,4-8H2,1-3H3/t9-,10-,11+,12+,13+,14-,15-,17-/m1/s1. The minimum Gasteiger partial charge on any atom is -0.346 e. The molecule has 4 heterocycles. The highest BCUT2D eigenvalue weighted by Gasteiger charge is 2.74. The van der Waals surface area contributed by atoms with Gasteiger partial charge in [-0.3, -0.25) is 0 Å². The molecule has 0 N–H and O–H groups in total. The monoisotopic (exact) mass is 466 g/mol.